The van der Waals surface area contributed by atoms with E-state index in [2.05, 4.69) is 5.32 Å². The number of anilines is 1. The molecule has 0 unspecified atom stereocenters. The van der Waals surface area contributed by atoms with E-state index in [1.807, 2.05) is 26.0 Å². The second-order valence-corrected chi connectivity index (χ2v) is 3.86. The van der Waals surface area contributed by atoms with E-state index in [0.29, 0.717) is 5.75 Å². The van der Waals surface area contributed by atoms with Gasteiger partial charge in [0, 0.05) is 0 Å². The van der Waals surface area contributed by atoms with Crippen molar-refractivity contribution in [2.45, 2.75) is 19.9 Å². The van der Waals surface area contributed by atoms with E-state index in [0.717, 1.165) is 16.8 Å². The summed E-state index contributed by atoms with van der Waals surface area (Å²) in [6.07, 6.45) is 0. The number of nitrogens with one attached hydrogen (secondary N) is 1. The van der Waals surface area contributed by atoms with Gasteiger partial charge in [-0.3, -0.25) is 4.79 Å². The van der Waals surface area contributed by atoms with E-state index in [1.54, 1.807) is 0 Å². The van der Waals surface area contributed by atoms with E-state index in [1.165, 1.54) is 0 Å². The molecule has 2 rings (SSSR count). The minimum absolute atomic E-state index is 0.194. The summed E-state index contributed by atoms with van der Waals surface area (Å²) in [5.41, 5.74) is 8.44. The fraction of sp³-hybridized carbons (Fsp3) is 0.364. The fourth-order valence-corrected chi connectivity index (χ4v) is 1.67. The Kier molecular flexibility index (Phi) is 2.36. The summed E-state index contributed by atoms with van der Waals surface area (Å²) >= 11 is 0. The molecule has 1 aromatic carbocycles. The number of benzene rings is 1. The highest BCUT2D eigenvalue weighted by molar-refractivity contribution is 5.97. The summed E-state index contributed by atoms with van der Waals surface area (Å²) in [7, 11) is 0. The van der Waals surface area contributed by atoms with Crippen LogP contribution < -0.4 is 15.8 Å². The molecule has 4 nitrogen and oxygen atoms in total. The van der Waals surface area contributed by atoms with Gasteiger partial charge in [-0.1, -0.05) is 6.07 Å². The van der Waals surface area contributed by atoms with Gasteiger partial charge in [-0.05, 0) is 31.0 Å². The van der Waals surface area contributed by atoms with Crippen molar-refractivity contribution in [3.8, 4) is 5.75 Å². The number of rotatable bonds is 0. The van der Waals surface area contributed by atoms with Crippen LogP contribution in [0.25, 0.3) is 0 Å². The number of amides is 1. The van der Waals surface area contributed by atoms with Crippen LogP contribution in [0.2, 0.25) is 0 Å². The number of fused-ring (bicyclic) bond motifs is 1. The number of hydrogen-bond acceptors (Lipinski definition) is 3. The topological polar surface area (TPSA) is 64.3 Å². The number of nitrogens with two attached hydrogens (primary N) is 1. The maximum Gasteiger partial charge on any atom is 0.244 e. The van der Waals surface area contributed by atoms with Crippen LogP contribution in [0.1, 0.15) is 11.1 Å². The van der Waals surface area contributed by atoms with Crippen molar-refractivity contribution in [3.05, 3.63) is 23.3 Å². The zero-order valence-electron chi connectivity index (χ0n) is 8.83. The molecular weight excluding hydrogens is 192 g/mol. The van der Waals surface area contributed by atoms with Gasteiger partial charge in [0.25, 0.3) is 0 Å². The normalized spacial score (nSPS) is 19.9. The fourth-order valence-electron chi connectivity index (χ4n) is 1.67. The molecule has 1 aliphatic rings. The molecule has 3 N–H and O–H groups in total. The largest absolute Gasteiger partial charge is 0.489 e. The lowest BCUT2D eigenvalue weighted by molar-refractivity contribution is -0.117. The Hall–Kier alpha value is -1.55. The Morgan fingerprint density at radius 2 is 2.20 bits per heavy atom. The number of ether oxygens (including phenoxy) is 1. The quantitative estimate of drug-likeness (QED) is 0.664. The van der Waals surface area contributed by atoms with Crippen LogP contribution >= 0.6 is 0 Å². The minimum atomic E-state index is -0.600. The average molecular weight is 206 g/mol. The van der Waals surface area contributed by atoms with Crippen LogP contribution in [0.5, 0.6) is 5.75 Å². The number of carbonyl (C=O) groups is 1. The Bertz CT molecular complexity index is 415. The SMILES string of the molecule is Cc1cc(C)c2c(c1)OC[C@H](N)C(=O)N2. The molecule has 0 aliphatic carbocycles. The third-order valence-electron chi connectivity index (χ3n) is 2.45. The predicted molar refractivity (Wildman–Crippen MR) is 58.0 cm³/mol. The molecule has 1 amide bonds. The van der Waals surface area contributed by atoms with E-state index in [-0.39, 0.29) is 12.5 Å². The molecule has 0 spiro atoms. The van der Waals surface area contributed by atoms with Crippen LogP contribution in [0.15, 0.2) is 12.1 Å². The number of hydrogen-bond donors (Lipinski definition) is 2. The highest BCUT2D eigenvalue weighted by atomic mass is 16.5. The van der Waals surface area contributed by atoms with Gasteiger partial charge in [0.2, 0.25) is 5.91 Å². The number of aryl methyl sites for hydroxylation is 2. The predicted octanol–water partition coefficient (Wildman–Crippen LogP) is 0.962. The standard InChI is InChI=1S/C11H14N2O2/c1-6-3-7(2)10-9(4-6)15-5-8(12)11(14)13-10/h3-4,8H,5,12H2,1-2H3,(H,13,14)/t8-/m0/s1. The minimum Gasteiger partial charge on any atom is -0.489 e. The molecule has 0 fully saturated rings. The molecular formula is C11H14N2O2. The van der Waals surface area contributed by atoms with Crippen LogP contribution in [0.4, 0.5) is 5.69 Å². The van der Waals surface area contributed by atoms with Crippen molar-refractivity contribution in [1.29, 1.82) is 0 Å². The summed E-state index contributed by atoms with van der Waals surface area (Å²) in [6, 6.07) is 3.30. The molecule has 1 aliphatic heterocycles. The van der Waals surface area contributed by atoms with E-state index >= 15 is 0 Å². The third kappa shape index (κ3) is 1.80. The van der Waals surface area contributed by atoms with Crippen LogP contribution in [-0.4, -0.2) is 18.6 Å². The Morgan fingerprint density at radius 3 is 2.93 bits per heavy atom. The molecule has 0 radical (unpaired) electrons. The first-order valence-electron chi connectivity index (χ1n) is 4.88. The highest BCUT2D eigenvalue weighted by Gasteiger charge is 2.22. The molecule has 1 atom stereocenters. The van der Waals surface area contributed by atoms with Gasteiger partial charge in [0.05, 0.1) is 5.69 Å². The smallest absolute Gasteiger partial charge is 0.244 e. The van der Waals surface area contributed by atoms with E-state index in [4.69, 9.17) is 10.5 Å². The summed E-state index contributed by atoms with van der Waals surface area (Å²) in [5.74, 6) is 0.509. The van der Waals surface area contributed by atoms with Gasteiger partial charge >= 0.3 is 0 Å². The van der Waals surface area contributed by atoms with Crippen LogP contribution in [-0.2, 0) is 4.79 Å². The monoisotopic (exact) mass is 206 g/mol. The lowest BCUT2D eigenvalue weighted by Crippen LogP contribution is -2.38. The van der Waals surface area contributed by atoms with Crippen LogP contribution in [0, 0.1) is 13.8 Å². The maximum absolute atomic E-state index is 11.5. The molecule has 4 heteroatoms. The zero-order valence-corrected chi connectivity index (χ0v) is 8.83. The second kappa shape index (κ2) is 3.55. The first-order valence-corrected chi connectivity index (χ1v) is 4.88. The highest BCUT2D eigenvalue weighted by Crippen LogP contribution is 2.31. The maximum atomic E-state index is 11.5. The van der Waals surface area contributed by atoms with Gasteiger partial charge < -0.3 is 15.8 Å². The summed E-state index contributed by atoms with van der Waals surface area (Å²) < 4.78 is 5.48. The lowest BCUT2D eigenvalue weighted by atomic mass is 10.1. The molecule has 0 saturated heterocycles. The molecule has 15 heavy (non-hydrogen) atoms. The van der Waals surface area contributed by atoms with Gasteiger partial charge in [-0.2, -0.15) is 0 Å². The van der Waals surface area contributed by atoms with Gasteiger partial charge in [-0.25, -0.2) is 0 Å². The van der Waals surface area contributed by atoms with Crippen LogP contribution in [0.3, 0.4) is 0 Å². The van der Waals surface area contributed by atoms with Crippen molar-refractivity contribution in [2.75, 3.05) is 11.9 Å². The summed E-state index contributed by atoms with van der Waals surface area (Å²) in [6.45, 7) is 4.15. The van der Waals surface area contributed by atoms with Crippen molar-refractivity contribution in [1.82, 2.24) is 0 Å². The summed E-state index contributed by atoms with van der Waals surface area (Å²) in [4.78, 5) is 11.5. The van der Waals surface area contributed by atoms with Gasteiger partial charge in [-0.15, -0.1) is 0 Å². The van der Waals surface area contributed by atoms with Gasteiger partial charge in [0.15, 0.2) is 0 Å². The van der Waals surface area contributed by atoms with Crippen molar-refractivity contribution < 1.29 is 9.53 Å². The lowest BCUT2D eigenvalue weighted by Gasteiger charge is -2.10. The molecule has 0 bridgehead atoms. The third-order valence-corrected chi connectivity index (χ3v) is 2.45. The Morgan fingerprint density at radius 1 is 1.47 bits per heavy atom. The molecule has 0 aromatic heterocycles. The number of carbonyl (C=O) groups excluding carboxylic acids is 1. The first-order chi connectivity index (χ1) is 7.08. The molecule has 0 saturated carbocycles. The second-order valence-electron chi connectivity index (χ2n) is 3.86. The van der Waals surface area contributed by atoms with E-state index < -0.39 is 6.04 Å². The molecule has 1 aromatic rings. The first kappa shape index (κ1) is 9.98. The molecule has 1 heterocycles. The van der Waals surface area contributed by atoms with Crippen molar-refractivity contribution >= 4 is 11.6 Å². The Labute approximate surface area is 88.4 Å². The summed E-state index contributed by atoms with van der Waals surface area (Å²) in [5, 5.41) is 2.78. The van der Waals surface area contributed by atoms with Gasteiger partial charge in [0.1, 0.15) is 18.4 Å². The average Bonchev–Trinajstić information content (AvgIpc) is 2.30. The zero-order chi connectivity index (χ0) is 11.0. The molecule has 80 valence electrons. The van der Waals surface area contributed by atoms with E-state index in [9.17, 15) is 4.79 Å². The van der Waals surface area contributed by atoms with Crippen molar-refractivity contribution in [2.24, 2.45) is 5.73 Å². The Balaban J connectivity index is 2.47. The van der Waals surface area contributed by atoms with Crippen molar-refractivity contribution in [3.63, 3.8) is 0 Å².